The molecule has 0 amide bonds. The molecule has 88 valence electrons. The smallest absolute Gasteiger partial charge is 0.356 e. The van der Waals surface area contributed by atoms with Crippen molar-refractivity contribution in [2.45, 2.75) is 13.8 Å². The highest BCUT2D eigenvalue weighted by Gasteiger charge is 2.22. The lowest BCUT2D eigenvalue weighted by atomic mass is 10.3. The van der Waals surface area contributed by atoms with E-state index in [0.29, 0.717) is 16.5 Å². The van der Waals surface area contributed by atoms with Gasteiger partial charge in [-0.2, -0.15) is 0 Å². The number of carbonyl (C=O) groups excluding carboxylic acids is 1. The zero-order valence-electron chi connectivity index (χ0n) is 9.18. The predicted molar refractivity (Wildman–Crippen MR) is 61.5 cm³/mol. The summed E-state index contributed by atoms with van der Waals surface area (Å²) in [5.41, 5.74) is -0.216. The summed E-state index contributed by atoms with van der Waals surface area (Å²) in [5.74, 6) is -0.339. The summed E-state index contributed by atoms with van der Waals surface area (Å²) in [4.78, 5) is 26.3. The van der Waals surface area contributed by atoms with Gasteiger partial charge in [0.05, 0.1) is 0 Å². The number of aromatic nitrogens is 1. The third-order valence-electron chi connectivity index (χ3n) is 2.10. The van der Waals surface area contributed by atoms with Crippen molar-refractivity contribution in [3.05, 3.63) is 28.5 Å². The third-order valence-corrected chi connectivity index (χ3v) is 3.27. The van der Waals surface area contributed by atoms with Gasteiger partial charge in [-0.3, -0.25) is 4.79 Å². The standard InChI is InChI=1S/C11H9NO4S/c1-5-3-4-7(16-5)10-12-8(11(14)15)9(17-10)6(2)13/h3-4H,1-2H3,(H,14,15). The summed E-state index contributed by atoms with van der Waals surface area (Å²) in [6.07, 6.45) is 0. The Hall–Kier alpha value is -1.95. The number of aromatic carboxylic acids is 1. The molecule has 2 heterocycles. The first-order valence-corrected chi connectivity index (χ1v) is 5.62. The van der Waals surface area contributed by atoms with Crippen LogP contribution in [0.15, 0.2) is 16.5 Å². The molecular weight excluding hydrogens is 242 g/mol. The molecule has 0 saturated heterocycles. The van der Waals surface area contributed by atoms with Crippen LogP contribution in [0.3, 0.4) is 0 Å². The van der Waals surface area contributed by atoms with Gasteiger partial charge in [0, 0.05) is 6.92 Å². The molecule has 0 aliphatic carbocycles. The first-order valence-electron chi connectivity index (χ1n) is 4.81. The monoisotopic (exact) mass is 251 g/mol. The minimum atomic E-state index is -1.21. The number of ketones is 1. The molecule has 0 atom stereocenters. The van der Waals surface area contributed by atoms with E-state index in [4.69, 9.17) is 9.52 Å². The van der Waals surface area contributed by atoms with E-state index in [1.807, 2.05) is 0 Å². The van der Waals surface area contributed by atoms with E-state index in [-0.39, 0.29) is 16.4 Å². The first-order chi connectivity index (χ1) is 7.99. The molecule has 2 rings (SSSR count). The number of Topliss-reactive ketones (excluding diaryl/α,β-unsaturated/α-hetero) is 1. The SMILES string of the molecule is CC(=O)c1sc(-c2ccc(C)o2)nc1C(=O)O. The van der Waals surface area contributed by atoms with Crippen LogP contribution in [0.5, 0.6) is 0 Å². The second kappa shape index (κ2) is 4.14. The van der Waals surface area contributed by atoms with E-state index < -0.39 is 5.97 Å². The highest BCUT2D eigenvalue weighted by molar-refractivity contribution is 7.17. The molecule has 1 N–H and O–H groups in total. The van der Waals surface area contributed by atoms with E-state index in [9.17, 15) is 9.59 Å². The predicted octanol–water partition coefficient (Wildman–Crippen LogP) is 2.61. The summed E-state index contributed by atoms with van der Waals surface area (Å²) < 4.78 is 5.34. The van der Waals surface area contributed by atoms with Crippen LogP contribution in [0, 0.1) is 6.92 Å². The summed E-state index contributed by atoms with van der Waals surface area (Å²) >= 11 is 1.03. The van der Waals surface area contributed by atoms with Crippen molar-refractivity contribution >= 4 is 23.1 Å². The maximum absolute atomic E-state index is 11.3. The highest BCUT2D eigenvalue weighted by atomic mass is 32.1. The van der Waals surface area contributed by atoms with Gasteiger partial charge in [0.25, 0.3) is 0 Å². The Balaban J connectivity index is 2.54. The first kappa shape index (κ1) is 11.5. The number of aryl methyl sites for hydroxylation is 1. The van der Waals surface area contributed by atoms with E-state index in [2.05, 4.69) is 4.98 Å². The van der Waals surface area contributed by atoms with Gasteiger partial charge in [-0.25, -0.2) is 9.78 Å². The number of hydrogen-bond donors (Lipinski definition) is 1. The molecule has 0 unspecified atom stereocenters. The van der Waals surface area contributed by atoms with Gasteiger partial charge in [-0.1, -0.05) is 0 Å². The molecule has 0 radical (unpaired) electrons. The zero-order chi connectivity index (χ0) is 12.6. The number of carboxylic acid groups (broad SMARTS) is 1. The van der Waals surface area contributed by atoms with Crippen LogP contribution < -0.4 is 0 Å². The lowest BCUT2D eigenvalue weighted by Gasteiger charge is -1.89. The Labute approximate surface area is 101 Å². The van der Waals surface area contributed by atoms with Crippen LogP contribution in [0.1, 0.15) is 32.8 Å². The highest BCUT2D eigenvalue weighted by Crippen LogP contribution is 2.29. The average molecular weight is 251 g/mol. The van der Waals surface area contributed by atoms with Crippen LogP contribution in [0.25, 0.3) is 10.8 Å². The van der Waals surface area contributed by atoms with Crippen molar-refractivity contribution in [1.82, 2.24) is 4.98 Å². The molecular formula is C11H9NO4S. The Morgan fingerprint density at radius 1 is 1.41 bits per heavy atom. The fourth-order valence-electron chi connectivity index (χ4n) is 1.36. The lowest BCUT2D eigenvalue weighted by molar-refractivity contribution is 0.0687. The molecule has 2 aromatic heterocycles. The molecule has 2 aromatic rings. The number of carboxylic acids is 1. The molecule has 0 bridgehead atoms. The minimum absolute atomic E-state index is 0.140. The fourth-order valence-corrected chi connectivity index (χ4v) is 2.27. The average Bonchev–Trinajstić information content (AvgIpc) is 2.82. The molecule has 6 heteroatoms. The Morgan fingerprint density at radius 3 is 2.53 bits per heavy atom. The number of rotatable bonds is 3. The number of hydrogen-bond acceptors (Lipinski definition) is 5. The van der Waals surface area contributed by atoms with Crippen molar-refractivity contribution in [3.8, 4) is 10.8 Å². The van der Waals surface area contributed by atoms with Crippen LogP contribution in [-0.4, -0.2) is 21.8 Å². The maximum Gasteiger partial charge on any atom is 0.356 e. The summed E-state index contributed by atoms with van der Waals surface area (Å²) in [6, 6.07) is 3.45. The Bertz CT molecular complexity index is 565. The van der Waals surface area contributed by atoms with Crippen molar-refractivity contribution in [3.63, 3.8) is 0 Å². The normalized spacial score (nSPS) is 10.5. The number of thiazole rings is 1. The molecule has 5 nitrogen and oxygen atoms in total. The minimum Gasteiger partial charge on any atom is -0.476 e. The van der Waals surface area contributed by atoms with E-state index in [1.54, 1.807) is 19.1 Å². The molecule has 0 aromatic carbocycles. The molecule has 0 fully saturated rings. The van der Waals surface area contributed by atoms with Gasteiger partial charge < -0.3 is 9.52 Å². The number of nitrogens with zero attached hydrogens (tertiary/aromatic N) is 1. The van der Waals surface area contributed by atoms with Crippen molar-refractivity contribution in [1.29, 1.82) is 0 Å². The molecule has 0 spiro atoms. The van der Waals surface area contributed by atoms with Crippen LogP contribution in [0.2, 0.25) is 0 Å². The number of furan rings is 1. The number of carbonyl (C=O) groups is 2. The van der Waals surface area contributed by atoms with E-state index in [1.165, 1.54) is 6.92 Å². The second-order valence-corrected chi connectivity index (χ2v) is 4.47. The Kier molecular flexibility index (Phi) is 2.81. The maximum atomic E-state index is 11.3. The largest absolute Gasteiger partial charge is 0.476 e. The van der Waals surface area contributed by atoms with Gasteiger partial charge >= 0.3 is 5.97 Å². The molecule has 0 aliphatic heterocycles. The van der Waals surface area contributed by atoms with Gasteiger partial charge in [0.1, 0.15) is 10.6 Å². The van der Waals surface area contributed by atoms with Gasteiger partial charge in [0.15, 0.2) is 22.2 Å². The fraction of sp³-hybridized carbons (Fsp3) is 0.182. The van der Waals surface area contributed by atoms with E-state index >= 15 is 0 Å². The Morgan fingerprint density at radius 2 is 2.12 bits per heavy atom. The summed E-state index contributed by atoms with van der Waals surface area (Å²) in [6.45, 7) is 3.10. The van der Waals surface area contributed by atoms with Crippen molar-refractivity contribution in [2.75, 3.05) is 0 Å². The zero-order valence-corrected chi connectivity index (χ0v) is 10.00. The summed E-state index contributed by atoms with van der Waals surface area (Å²) in [5, 5.41) is 9.34. The topological polar surface area (TPSA) is 80.4 Å². The molecule has 17 heavy (non-hydrogen) atoms. The molecule has 0 saturated carbocycles. The van der Waals surface area contributed by atoms with Gasteiger partial charge in [-0.15, -0.1) is 11.3 Å². The van der Waals surface area contributed by atoms with Crippen molar-refractivity contribution < 1.29 is 19.1 Å². The lowest BCUT2D eigenvalue weighted by Crippen LogP contribution is -2.03. The van der Waals surface area contributed by atoms with Crippen LogP contribution in [0.4, 0.5) is 0 Å². The van der Waals surface area contributed by atoms with Crippen molar-refractivity contribution in [2.24, 2.45) is 0 Å². The van der Waals surface area contributed by atoms with Gasteiger partial charge in [-0.05, 0) is 19.1 Å². The summed E-state index contributed by atoms with van der Waals surface area (Å²) in [7, 11) is 0. The molecule has 0 aliphatic rings. The second-order valence-electron chi connectivity index (χ2n) is 3.47. The van der Waals surface area contributed by atoms with Gasteiger partial charge in [0.2, 0.25) is 0 Å². The third kappa shape index (κ3) is 2.12. The van der Waals surface area contributed by atoms with E-state index in [0.717, 1.165) is 11.3 Å². The van der Waals surface area contributed by atoms with Crippen LogP contribution in [-0.2, 0) is 0 Å². The quantitative estimate of drug-likeness (QED) is 0.848. The van der Waals surface area contributed by atoms with Crippen LogP contribution >= 0.6 is 11.3 Å².